The molecule has 0 saturated carbocycles. The molecule has 0 aromatic heterocycles. The standard InChI is InChI=1S/C13H19NO3S/c1-17-12-4-2-10(3-5-12)13(14)11-6-8-18(15,16)9-7-11/h2-5,11,13H,6-9,14H2,1H3. The molecular formula is C13H19NO3S. The van der Waals surface area contributed by atoms with E-state index in [4.69, 9.17) is 10.5 Å². The van der Waals surface area contributed by atoms with E-state index in [1.807, 2.05) is 24.3 Å². The van der Waals surface area contributed by atoms with Gasteiger partial charge in [0, 0.05) is 6.04 Å². The quantitative estimate of drug-likeness (QED) is 0.903. The van der Waals surface area contributed by atoms with E-state index in [1.165, 1.54) is 0 Å². The van der Waals surface area contributed by atoms with Gasteiger partial charge >= 0.3 is 0 Å². The minimum absolute atomic E-state index is 0.0913. The molecule has 18 heavy (non-hydrogen) atoms. The summed E-state index contributed by atoms with van der Waals surface area (Å²) in [5.74, 6) is 1.59. The molecule has 0 aliphatic carbocycles. The van der Waals surface area contributed by atoms with Crippen LogP contribution in [0.2, 0.25) is 0 Å². The maximum absolute atomic E-state index is 11.4. The van der Waals surface area contributed by atoms with Crippen LogP contribution in [-0.2, 0) is 9.84 Å². The lowest BCUT2D eigenvalue weighted by molar-refractivity contribution is 0.390. The van der Waals surface area contributed by atoms with Gasteiger partial charge in [-0.2, -0.15) is 0 Å². The van der Waals surface area contributed by atoms with Crippen molar-refractivity contribution in [3.63, 3.8) is 0 Å². The smallest absolute Gasteiger partial charge is 0.150 e. The minimum Gasteiger partial charge on any atom is -0.497 e. The molecule has 1 fully saturated rings. The molecule has 1 aliphatic rings. The highest BCUT2D eigenvalue weighted by Gasteiger charge is 2.28. The van der Waals surface area contributed by atoms with Crippen LogP contribution in [0.3, 0.4) is 0 Å². The summed E-state index contributed by atoms with van der Waals surface area (Å²) in [5.41, 5.74) is 7.26. The van der Waals surface area contributed by atoms with Crippen molar-refractivity contribution in [3.05, 3.63) is 29.8 Å². The first kappa shape index (κ1) is 13.4. The molecule has 0 amide bonds. The summed E-state index contributed by atoms with van der Waals surface area (Å²) in [7, 11) is -1.19. The highest BCUT2D eigenvalue weighted by atomic mass is 32.2. The van der Waals surface area contributed by atoms with E-state index in [2.05, 4.69) is 0 Å². The van der Waals surface area contributed by atoms with Crippen LogP contribution in [-0.4, -0.2) is 27.0 Å². The molecule has 1 aromatic carbocycles. The molecule has 5 heteroatoms. The molecule has 4 nitrogen and oxygen atoms in total. The van der Waals surface area contributed by atoms with Crippen molar-refractivity contribution in [2.45, 2.75) is 18.9 Å². The first-order chi connectivity index (χ1) is 8.52. The van der Waals surface area contributed by atoms with Crippen LogP contribution < -0.4 is 10.5 Å². The average molecular weight is 269 g/mol. The highest BCUT2D eigenvalue weighted by Crippen LogP contribution is 2.30. The predicted molar refractivity (Wildman–Crippen MR) is 71.3 cm³/mol. The van der Waals surface area contributed by atoms with E-state index in [0.717, 1.165) is 11.3 Å². The monoisotopic (exact) mass is 269 g/mol. The van der Waals surface area contributed by atoms with Gasteiger partial charge in [0.2, 0.25) is 0 Å². The Morgan fingerprint density at radius 3 is 2.28 bits per heavy atom. The van der Waals surface area contributed by atoms with Crippen molar-refractivity contribution in [3.8, 4) is 5.75 Å². The van der Waals surface area contributed by atoms with E-state index < -0.39 is 9.84 Å². The van der Waals surface area contributed by atoms with E-state index in [1.54, 1.807) is 7.11 Å². The summed E-state index contributed by atoms with van der Waals surface area (Å²) >= 11 is 0. The van der Waals surface area contributed by atoms with E-state index in [-0.39, 0.29) is 23.5 Å². The zero-order valence-corrected chi connectivity index (χ0v) is 11.3. The number of hydrogen-bond acceptors (Lipinski definition) is 4. The first-order valence-corrected chi connectivity index (χ1v) is 7.94. The molecule has 2 rings (SSSR count). The summed E-state index contributed by atoms with van der Waals surface area (Å²) in [6.07, 6.45) is 1.32. The van der Waals surface area contributed by atoms with Crippen molar-refractivity contribution in [2.24, 2.45) is 11.7 Å². The molecule has 1 saturated heterocycles. The Balaban J connectivity index is 2.04. The number of hydrogen-bond donors (Lipinski definition) is 1. The summed E-state index contributed by atoms with van der Waals surface area (Å²) in [5, 5.41) is 0. The predicted octanol–water partition coefficient (Wildman–Crippen LogP) is 1.52. The van der Waals surface area contributed by atoms with Crippen molar-refractivity contribution < 1.29 is 13.2 Å². The second kappa shape index (κ2) is 5.28. The molecule has 0 radical (unpaired) electrons. The van der Waals surface area contributed by atoms with Gasteiger partial charge < -0.3 is 10.5 Å². The number of ether oxygens (including phenoxy) is 1. The van der Waals surface area contributed by atoms with Crippen molar-refractivity contribution in [1.82, 2.24) is 0 Å². The van der Waals surface area contributed by atoms with Crippen molar-refractivity contribution in [2.75, 3.05) is 18.6 Å². The van der Waals surface area contributed by atoms with Crippen LogP contribution in [0, 0.1) is 5.92 Å². The Morgan fingerprint density at radius 1 is 1.22 bits per heavy atom. The molecule has 1 atom stereocenters. The molecular weight excluding hydrogens is 250 g/mol. The van der Waals surface area contributed by atoms with Gasteiger partial charge in [0.1, 0.15) is 15.6 Å². The van der Waals surface area contributed by atoms with Gasteiger partial charge in [-0.05, 0) is 36.5 Å². The topological polar surface area (TPSA) is 69.4 Å². The normalized spacial score (nSPS) is 21.4. The Morgan fingerprint density at radius 2 is 1.78 bits per heavy atom. The van der Waals surface area contributed by atoms with Crippen molar-refractivity contribution in [1.29, 1.82) is 0 Å². The number of sulfone groups is 1. The maximum Gasteiger partial charge on any atom is 0.150 e. The number of rotatable bonds is 3. The Kier molecular flexibility index (Phi) is 3.92. The zero-order chi connectivity index (χ0) is 13.2. The van der Waals surface area contributed by atoms with E-state index in [0.29, 0.717) is 12.8 Å². The minimum atomic E-state index is -2.82. The fourth-order valence-electron chi connectivity index (χ4n) is 2.37. The van der Waals surface area contributed by atoms with Crippen LogP contribution >= 0.6 is 0 Å². The number of nitrogens with two attached hydrogens (primary N) is 1. The van der Waals surface area contributed by atoms with E-state index >= 15 is 0 Å². The first-order valence-electron chi connectivity index (χ1n) is 6.12. The largest absolute Gasteiger partial charge is 0.497 e. The van der Waals surface area contributed by atoms with Crippen LogP contribution in [0.5, 0.6) is 5.75 Å². The maximum atomic E-state index is 11.4. The van der Waals surface area contributed by atoms with Crippen LogP contribution in [0.15, 0.2) is 24.3 Å². The molecule has 1 unspecified atom stereocenters. The third kappa shape index (κ3) is 3.03. The fraction of sp³-hybridized carbons (Fsp3) is 0.538. The number of benzene rings is 1. The number of methoxy groups -OCH3 is 1. The Labute approximate surface area is 108 Å². The summed E-state index contributed by atoms with van der Waals surface area (Å²) < 4.78 is 27.9. The lowest BCUT2D eigenvalue weighted by Crippen LogP contribution is -2.30. The average Bonchev–Trinajstić information content (AvgIpc) is 2.38. The van der Waals surface area contributed by atoms with Crippen LogP contribution in [0.4, 0.5) is 0 Å². The summed E-state index contributed by atoms with van der Waals surface area (Å²) in [6.45, 7) is 0. The molecule has 1 aliphatic heterocycles. The fourth-order valence-corrected chi connectivity index (χ4v) is 3.89. The van der Waals surface area contributed by atoms with Crippen molar-refractivity contribution >= 4 is 9.84 Å². The van der Waals surface area contributed by atoms with Gasteiger partial charge in [-0.3, -0.25) is 0 Å². The third-order valence-electron chi connectivity index (χ3n) is 3.61. The van der Waals surface area contributed by atoms with Crippen LogP contribution in [0.25, 0.3) is 0 Å². The molecule has 100 valence electrons. The molecule has 2 N–H and O–H groups in total. The lowest BCUT2D eigenvalue weighted by Gasteiger charge is -2.27. The van der Waals surface area contributed by atoms with Gasteiger partial charge in [0.15, 0.2) is 0 Å². The molecule has 0 spiro atoms. The van der Waals surface area contributed by atoms with Gasteiger partial charge in [-0.1, -0.05) is 12.1 Å². The second-order valence-electron chi connectivity index (χ2n) is 4.79. The van der Waals surface area contributed by atoms with Crippen LogP contribution in [0.1, 0.15) is 24.4 Å². The second-order valence-corrected chi connectivity index (χ2v) is 7.09. The zero-order valence-electron chi connectivity index (χ0n) is 10.5. The summed E-state index contributed by atoms with van der Waals surface area (Å²) in [4.78, 5) is 0. The third-order valence-corrected chi connectivity index (χ3v) is 5.32. The molecule has 1 aromatic rings. The Bertz CT molecular complexity index is 481. The molecule has 1 heterocycles. The SMILES string of the molecule is COc1ccc(C(N)C2CCS(=O)(=O)CC2)cc1. The van der Waals surface area contributed by atoms with Gasteiger partial charge in [0.05, 0.1) is 18.6 Å². The van der Waals surface area contributed by atoms with E-state index in [9.17, 15) is 8.42 Å². The van der Waals surface area contributed by atoms with Gasteiger partial charge in [-0.15, -0.1) is 0 Å². The van der Waals surface area contributed by atoms with Gasteiger partial charge in [-0.25, -0.2) is 8.42 Å². The summed E-state index contributed by atoms with van der Waals surface area (Å²) in [6, 6.07) is 7.58. The Hall–Kier alpha value is -1.07. The molecule has 0 bridgehead atoms. The van der Waals surface area contributed by atoms with Gasteiger partial charge in [0.25, 0.3) is 0 Å². The lowest BCUT2D eigenvalue weighted by atomic mass is 9.89. The highest BCUT2D eigenvalue weighted by molar-refractivity contribution is 7.91.